The lowest BCUT2D eigenvalue weighted by Gasteiger charge is -2.09. The summed E-state index contributed by atoms with van der Waals surface area (Å²) in [5, 5.41) is 11.6. The van der Waals surface area contributed by atoms with Crippen molar-refractivity contribution in [2.75, 3.05) is 11.9 Å². The summed E-state index contributed by atoms with van der Waals surface area (Å²) in [6.07, 6.45) is 3.98. The zero-order valence-electron chi connectivity index (χ0n) is 21.1. The predicted octanol–water partition coefficient (Wildman–Crippen LogP) is 6.73. The van der Waals surface area contributed by atoms with E-state index in [4.69, 9.17) is 9.84 Å². The summed E-state index contributed by atoms with van der Waals surface area (Å²) in [7, 11) is 0. The SMILES string of the molecule is CC(C)Cc1ccc(CC2CC2c2ccc(NC(=O)c3ccc(OCCCC(=O)O)cc3)cc2)cc1. The van der Waals surface area contributed by atoms with Gasteiger partial charge in [-0.15, -0.1) is 0 Å². The van der Waals surface area contributed by atoms with Crippen LogP contribution in [0.2, 0.25) is 0 Å². The molecular weight excluding hydrogens is 450 g/mol. The lowest BCUT2D eigenvalue weighted by molar-refractivity contribution is -0.137. The second-order valence-electron chi connectivity index (χ2n) is 10.2. The van der Waals surface area contributed by atoms with Crippen LogP contribution in [0.4, 0.5) is 5.69 Å². The molecule has 1 aliphatic rings. The highest BCUT2D eigenvalue weighted by Gasteiger charge is 2.37. The van der Waals surface area contributed by atoms with Gasteiger partial charge in [-0.1, -0.05) is 50.2 Å². The Morgan fingerprint density at radius 3 is 2.25 bits per heavy atom. The number of carboxylic acid groups (broad SMARTS) is 1. The fourth-order valence-electron chi connectivity index (χ4n) is 4.60. The number of anilines is 1. The largest absolute Gasteiger partial charge is 0.494 e. The Kier molecular flexibility index (Phi) is 8.42. The molecule has 0 radical (unpaired) electrons. The van der Waals surface area contributed by atoms with E-state index in [1.807, 2.05) is 12.1 Å². The summed E-state index contributed by atoms with van der Waals surface area (Å²) < 4.78 is 5.52. The summed E-state index contributed by atoms with van der Waals surface area (Å²) in [6, 6.07) is 24.2. The van der Waals surface area contributed by atoms with Crippen molar-refractivity contribution in [3.8, 4) is 5.75 Å². The molecule has 2 unspecified atom stereocenters. The van der Waals surface area contributed by atoms with Crippen LogP contribution in [0.3, 0.4) is 0 Å². The van der Waals surface area contributed by atoms with Gasteiger partial charge >= 0.3 is 5.97 Å². The Morgan fingerprint density at radius 1 is 0.944 bits per heavy atom. The van der Waals surface area contributed by atoms with Crippen molar-refractivity contribution in [3.05, 3.63) is 95.1 Å². The molecule has 4 rings (SSSR count). The van der Waals surface area contributed by atoms with Gasteiger partial charge in [0.2, 0.25) is 0 Å². The molecule has 1 amide bonds. The summed E-state index contributed by atoms with van der Waals surface area (Å²) in [5.41, 5.74) is 5.47. The molecule has 0 spiro atoms. The molecule has 3 aromatic rings. The Labute approximate surface area is 213 Å². The minimum absolute atomic E-state index is 0.0764. The first-order chi connectivity index (χ1) is 17.4. The molecule has 36 heavy (non-hydrogen) atoms. The van der Waals surface area contributed by atoms with Gasteiger partial charge in [-0.25, -0.2) is 0 Å². The fraction of sp³-hybridized carbons (Fsp3) is 0.355. The Morgan fingerprint density at radius 2 is 1.61 bits per heavy atom. The highest BCUT2D eigenvalue weighted by atomic mass is 16.5. The number of carbonyl (C=O) groups excluding carboxylic acids is 1. The number of hydrogen-bond donors (Lipinski definition) is 2. The van der Waals surface area contributed by atoms with Gasteiger partial charge in [0, 0.05) is 17.7 Å². The van der Waals surface area contributed by atoms with Crippen LogP contribution < -0.4 is 10.1 Å². The highest BCUT2D eigenvalue weighted by molar-refractivity contribution is 6.04. The maximum absolute atomic E-state index is 12.6. The lowest BCUT2D eigenvalue weighted by Crippen LogP contribution is -2.11. The number of rotatable bonds is 12. The van der Waals surface area contributed by atoms with Gasteiger partial charge in [-0.2, -0.15) is 0 Å². The molecule has 5 nitrogen and oxygen atoms in total. The van der Waals surface area contributed by atoms with Crippen LogP contribution >= 0.6 is 0 Å². The monoisotopic (exact) mass is 485 g/mol. The second kappa shape index (κ2) is 11.9. The van der Waals surface area contributed by atoms with Crippen molar-refractivity contribution in [3.63, 3.8) is 0 Å². The highest BCUT2D eigenvalue weighted by Crippen LogP contribution is 2.49. The van der Waals surface area contributed by atoms with Crippen LogP contribution in [0.5, 0.6) is 5.75 Å². The van der Waals surface area contributed by atoms with Crippen molar-refractivity contribution in [2.24, 2.45) is 11.8 Å². The van der Waals surface area contributed by atoms with Gasteiger partial charge in [0.15, 0.2) is 0 Å². The molecule has 1 aliphatic carbocycles. The van der Waals surface area contributed by atoms with Gasteiger partial charge in [0.25, 0.3) is 5.91 Å². The van der Waals surface area contributed by atoms with Crippen molar-refractivity contribution in [2.45, 2.75) is 51.9 Å². The van der Waals surface area contributed by atoms with Gasteiger partial charge in [0.1, 0.15) is 5.75 Å². The van der Waals surface area contributed by atoms with Gasteiger partial charge in [0.05, 0.1) is 6.61 Å². The first-order valence-corrected chi connectivity index (χ1v) is 12.8. The van der Waals surface area contributed by atoms with Crippen molar-refractivity contribution in [1.29, 1.82) is 0 Å². The van der Waals surface area contributed by atoms with Crippen molar-refractivity contribution < 1.29 is 19.4 Å². The Balaban J connectivity index is 1.23. The summed E-state index contributed by atoms with van der Waals surface area (Å²) >= 11 is 0. The Hall–Kier alpha value is -3.60. The molecule has 0 saturated heterocycles. The Bertz CT molecular complexity index is 1150. The molecule has 1 saturated carbocycles. The second-order valence-corrected chi connectivity index (χ2v) is 10.2. The molecule has 2 atom stereocenters. The van der Waals surface area contributed by atoms with Crippen LogP contribution in [0.25, 0.3) is 0 Å². The average Bonchev–Trinajstić information content (AvgIpc) is 3.62. The molecule has 1 fully saturated rings. The first kappa shape index (κ1) is 25.5. The number of aliphatic carboxylic acids is 1. The number of ether oxygens (including phenoxy) is 1. The molecule has 0 heterocycles. The van der Waals surface area contributed by atoms with E-state index in [-0.39, 0.29) is 12.3 Å². The number of benzene rings is 3. The van der Waals surface area contributed by atoms with Gasteiger partial charge in [-0.05, 0) is 96.5 Å². The zero-order valence-corrected chi connectivity index (χ0v) is 21.1. The third kappa shape index (κ3) is 7.45. The first-order valence-electron chi connectivity index (χ1n) is 12.8. The normalized spacial score (nSPS) is 16.5. The van der Waals surface area contributed by atoms with E-state index < -0.39 is 5.97 Å². The molecule has 5 heteroatoms. The third-order valence-corrected chi connectivity index (χ3v) is 6.60. The van der Waals surface area contributed by atoms with Crippen LogP contribution in [0, 0.1) is 11.8 Å². The molecule has 3 aromatic carbocycles. The van der Waals surface area contributed by atoms with E-state index in [0.717, 1.165) is 18.5 Å². The molecule has 0 aliphatic heterocycles. The van der Waals surface area contributed by atoms with Gasteiger partial charge in [-0.3, -0.25) is 9.59 Å². The van der Waals surface area contributed by atoms with Crippen LogP contribution in [0.15, 0.2) is 72.8 Å². The zero-order chi connectivity index (χ0) is 25.5. The number of carboxylic acids is 1. The van der Waals surface area contributed by atoms with E-state index in [1.54, 1.807) is 24.3 Å². The smallest absolute Gasteiger partial charge is 0.303 e. The van der Waals surface area contributed by atoms with Gasteiger partial charge < -0.3 is 15.2 Å². The van der Waals surface area contributed by atoms with E-state index in [9.17, 15) is 9.59 Å². The average molecular weight is 486 g/mol. The van der Waals surface area contributed by atoms with Crippen LogP contribution in [0.1, 0.15) is 66.1 Å². The lowest BCUT2D eigenvalue weighted by atomic mass is 9.99. The molecule has 188 valence electrons. The van der Waals surface area contributed by atoms with E-state index in [1.165, 1.54) is 23.1 Å². The minimum Gasteiger partial charge on any atom is -0.494 e. The van der Waals surface area contributed by atoms with Crippen molar-refractivity contribution in [1.82, 2.24) is 0 Å². The van der Waals surface area contributed by atoms with E-state index >= 15 is 0 Å². The summed E-state index contributed by atoms with van der Waals surface area (Å²) in [4.78, 5) is 23.2. The minimum atomic E-state index is -0.835. The van der Waals surface area contributed by atoms with E-state index in [0.29, 0.717) is 42.1 Å². The fourth-order valence-corrected chi connectivity index (χ4v) is 4.60. The standard InChI is InChI=1S/C31H35NO4/c1-21(2)18-22-5-7-23(8-6-22)19-26-20-29(26)24-9-13-27(14-10-24)32-31(35)25-11-15-28(16-12-25)36-17-3-4-30(33)34/h5-16,21,26,29H,3-4,17-20H2,1-2H3,(H,32,35)(H,33,34). The number of nitrogens with one attached hydrogen (secondary N) is 1. The van der Waals surface area contributed by atoms with Crippen molar-refractivity contribution >= 4 is 17.6 Å². The molecular formula is C31H35NO4. The molecule has 0 aromatic heterocycles. The maximum atomic E-state index is 12.6. The molecule has 2 N–H and O–H groups in total. The quantitative estimate of drug-likeness (QED) is 0.279. The predicted molar refractivity (Wildman–Crippen MR) is 143 cm³/mol. The third-order valence-electron chi connectivity index (χ3n) is 6.60. The number of hydrogen-bond acceptors (Lipinski definition) is 3. The summed E-state index contributed by atoms with van der Waals surface area (Å²) in [6.45, 7) is 4.83. The van der Waals surface area contributed by atoms with Crippen LogP contribution in [-0.4, -0.2) is 23.6 Å². The number of amides is 1. The maximum Gasteiger partial charge on any atom is 0.303 e. The summed E-state index contributed by atoms with van der Waals surface area (Å²) in [5.74, 6) is 1.56. The molecule has 0 bridgehead atoms. The van der Waals surface area contributed by atoms with E-state index in [2.05, 4.69) is 55.6 Å². The number of carbonyl (C=O) groups is 2. The van der Waals surface area contributed by atoms with Crippen LogP contribution in [-0.2, 0) is 17.6 Å². The topological polar surface area (TPSA) is 75.6 Å².